The number of hydrogen-bond donors (Lipinski definition) is 0. The summed E-state index contributed by atoms with van der Waals surface area (Å²) in [7, 11) is 0. The minimum atomic E-state index is 0.262. The molecular formula is C20H28N4O2. The van der Waals surface area contributed by atoms with Gasteiger partial charge in [-0.25, -0.2) is 0 Å². The van der Waals surface area contributed by atoms with E-state index in [2.05, 4.69) is 29.1 Å². The molecule has 2 atom stereocenters. The van der Waals surface area contributed by atoms with Crippen molar-refractivity contribution in [2.45, 2.75) is 71.2 Å². The van der Waals surface area contributed by atoms with Gasteiger partial charge < -0.3 is 9.64 Å². The van der Waals surface area contributed by atoms with Gasteiger partial charge in [-0.1, -0.05) is 23.4 Å². The van der Waals surface area contributed by atoms with Crippen LogP contribution in [0.4, 0.5) is 0 Å². The van der Waals surface area contributed by atoms with Crippen molar-refractivity contribution >= 4 is 5.91 Å². The zero-order chi connectivity index (χ0) is 18.4. The number of rotatable bonds is 7. The Morgan fingerprint density at radius 2 is 1.92 bits per heavy atom. The summed E-state index contributed by atoms with van der Waals surface area (Å²) >= 11 is 0. The summed E-state index contributed by atoms with van der Waals surface area (Å²) in [4.78, 5) is 14.6. The van der Waals surface area contributed by atoms with Crippen LogP contribution in [0.2, 0.25) is 0 Å². The highest BCUT2D eigenvalue weighted by Crippen LogP contribution is 2.23. The molecule has 1 aliphatic rings. The number of aryl methyl sites for hydroxylation is 1. The third kappa shape index (κ3) is 4.84. The van der Waals surface area contributed by atoms with E-state index in [4.69, 9.17) is 4.74 Å². The molecule has 1 amide bonds. The van der Waals surface area contributed by atoms with Crippen LogP contribution in [-0.2, 0) is 17.9 Å². The van der Waals surface area contributed by atoms with Crippen molar-refractivity contribution in [1.29, 1.82) is 0 Å². The Morgan fingerprint density at radius 1 is 1.19 bits per heavy atom. The van der Waals surface area contributed by atoms with E-state index in [1.54, 1.807) is 4.68 Å². The fourth-order valence-electron chi connectivity index (χ4n) is 3.62. The van der Waals surface area contributed by atoms with Gasteiger partial charge in [0.15, 0.2) is 0 Å². The number of aromatic nitrogens is 3. The average molecular weight is 356 g/mol. The van der Waals surface area contributed by atoms with E-state index in [0.717, 1.165) is 30.7 Å². The molecule has 140 valence electrons. The molecule has 1 aliphatic heterocycles. The van der Waals surface area contributed by atoms with Crippen LogP contribution in [0.15, 0.2) is 36.5 Å². The molecule has 0 saturated carbocycles. The summed E-state index contributed by atoms with van der Waals surface area (Å²) in [6.07, 6.45) is 6.67. The van der Waals surface area contributed by atoms with Crippen molar-refractivity contribution in [3.8, 4) is 5.75 Å². The standard InChI is InChI=1S/C20H28N4O2/c1-16-8-6-9-17(2)24(16)20(25)12-7-13-23-14-18(21-22-23)15-26-19-10-4-3-5-11-19/h3-5,10-11,14,16-17H,6-9,12-13,15H2,1-2H3/t16-,17-/m1/s1. The van der Waals surface area contributed by atoms with Crippen LogP contribution in [0.3, 0.4) is 0 Å². The third-order valence-corrected chi connectivity index (χ3v) is 4.98. The van der Waals surface area contributed by atoms with Gasteiger partial charge in [0.2, 0.25) is 5.91 Å². The maximum atomic E-state index is 12.5. The molecule has 1 saturated heterocycles. The molecule has 6 heteroatoms. The molecule has 1 aromatic heterocycles. The third-order valence-electron chi connectivity index (χ3n) is 4.98. The van der Waals surface area contributed by atoms with Gasteiger partial charge in [0.05, 0.1) is 6.20 Å². The van der Waals surface area contributed by atoms with Crippen molar-refractivity contribution < 1.29 is 9.53 Å². The second-order valence-corrected chi connectivity index (χ2v) is 7.11. The maximum Gasteiger partial charge on any atom is 0.223 e. The lowest BCUT2D eigenvalue weighted by atomic mass is 9.97. The summed E-state index contributed by atoms with van der Waals surface area (Å²) in [6.45, 7) is 5.40. The van der Waals surface area contributed by atoms with Crippen molar-refractivity contribution in [1.82, 2.24) is 19.9 Å². The fourth-order valence-corrected chi connectivity index (χ4v) is 3.62. The fraction of sp³-hybridized carbons (Fsp3) is 0.550. The van der Waals surface area contributed by atoms with Crippen LogP contribution in [-0.4, -0.2) is 37.9 Å². The minimum Gasteiger partial charge on any atom is -0.487 e. The SMILES string of the molecule is C[C@@H]1CCC[C@@H](C)N1C(=O)CCCn1cc(COc2ccccc2)nn1. The van der Waals surface area contributed by atoms with Crippen LogP contribution in [0.1, 0.15) is 51.6 Å². The van der Waals surface area contributed by atoms with E-state index in [-0.39, 0.29) is 5.91 Å². The first-order valence-corrected chi connectivity index (χ1v) is 9.51. The number of benzene rings is 1. The summed E-state index contributed by atoms with van der Waals surface area (Å²) in [6, 6.07) is 10.4. The van der Waals surface area contributed by atoms with Gasteiger partial charge in [0, 0.05) is 25.0 Å². The molecule has 3 rings (SSSR count). The number of amides is 1. The van der Waals surface area contributed by atoms with E-state index in [1.807, 2.05) is 36.5 Å². The van der Waals surface area contributed by atoms with Gasteiger partial charge >= 0.3 is 0 Å². The number of carbonyl (C=O) groups excluding carboxylic acids is 1. The molecule has 0 N–H and O–H groups in total. The van der Waals surface area contributed by atoms with Gasteiger partial charge in [-0.15, -0.1) is 5.10 Å². The topological polar surface area (TPSA) is 60.2 Å². The van der Waals surface area contributed by atoms with Crippen LogP contribution in [0.25, 0.3) is 0 Å². The summed E-state index contributed by atoms with van der Waals surface area (Å²) in [5, 5.41) is 8.27. The number of piperidine rings is 1. The second-order valence-electron chi connectivity index (χ2n) is 7.11. The molecule has 6 nitrogen and oxygen atoms in total. The van der Waals surface area contributed by atoms with Gasteiger partial charge in [-0.2, -0.15) is 0 Å². The molecule has 0 radical (unpaired) electrons. The molecule has 0 unspecified atom stereocenters. The summed E-state index contributed by atoms with van der Waals surface area (Å²) in [5.74, 6) is 1.08. The van der Waals surface area contributed by atoms with Crippen LogP contribution in [0, 0.1) is 0 Å². The van der Waals surface area contributed by atoms with Gasteiger partial charge in [-0.3, -0.25) is 9.48 Å². The number of hydrogen-bond acceptors (Lipinski definition) is 4. The van der Waals surface area contributed by atoms with Crippen LogP contribution >= 0.6 is 0 Å². The molecule has 1 fully saturated rings. The lowest BCUT2D eigenvalue weighted by molar-refractivity contribution is -0.137. The first-order valence-electron chi connectivity index (χ1n) is 9.51. The number of likely N-dealkylation sites (tertiary alicyclic amines) is 1. The van der Waals surface area contributed by atoms with Crippen LogP contribution < -0.4 is 4.74 Å². The van der Waals surface area contributed by atoms with Crippen molar-refractivity contribution in [2.24, 2.45) is 0 Å². The Kier molecular flexibility index (Phi) is 6.26. The van der Waals surface area contributed by atoms with E-state index in [9.17, 15) is 4.79 Å². The van der Waals surface area contributed by atoms with Crippen molar-refractivity contribution in [2.75, 3.05) is 0 Å². The lowest BCUT2D eigenvalue weighted by Gasteiger charge is -2.39. The average Bonchev–Trinajstić information content (AvgIpc) is 3.08. The molecule has 0 spiro atoms. The first-order chi connectivity index (χ1) is 12.6. The summed E-state index contributed by atoms with van der Waals surface area (Å²) < 4.78 is 7.47. The van der Waals surface area contributed by atoms with Gasteiger partial charge in [0.1, 0.15) is 18.1 Å². The highest BCUT2D eigenvalue weighted by Gasteiger charge is 2.28. The highest BCUT2D eigenvalue weighted by molar-refractivity contribution is 5.76. The van der Waals surface area contributed by atoms with E-state index < -0.39 is 0 Å². The van der Waals surface area contributed by atoms with Crippen molar-refractivity contribution in [3.05, 3.63) is 42.2 Å². The van der Waals surface area contributed by atoms with Crippen molar-refractivity contribution in [3.63, 3.8) is 0 Å². The van der Waals surface area contributed by atoms with E-state index >= 15 is 0 Å². The largest absolute Gasteiger partial charge is 0.487 e. The Hall–Kier alpha value is -2.37. The smallest absolute Gasteiger partial charge is 0.223 e. The predicted octanol–water partition coefficient (Wildman–Crippen LogP) is 3.43. The lowest BCUT2D eigenvalue weighted by Crippen LogP contribution is -2.47. The van der Waals surface area contributed by atoms with E-state index in [0.29, 0.717) is 31.7 Å². The Balaban J connectivity index is 1.42. The molecule has 26 heavy (non-hydrogen) atoms. The number of ether oxygens (including phenoxy) is 1. The molecule has 2 aromatic rings. The number of nitrogens with zero attached hydrogens (tertiary/aromatic N) is 4. The Labute approximate surface area is 155 Å². The molecule has 0 bridgehead atoms. The minimum absolute atomic E-state index is 0.262. The molecule has 2 heterocycles. The Morgan fingerprint density at radius 3 is 2.65 bits per heavy atom. The summed E-state index contributed by atoms with van der Waals surface area (Å²) in [5.41, 5.74) is 0.790. The molecule has 1 aromatic carbocycles. The van der Waals surface area contributed by atoms with Gasteiger partial charge in [-0.05, 0) is 51.7 Å². The van der Waals surface area contributed by atoms with Gasteiger partial charge in [0.25, 0.3) is 0 Å². The highest BCUT2D eigenvalue weighted by atomic mass is 16.5. The molecular weight excluding hydrogens is 328 g/mol. The quantitative estimate of drug-likeness (QED) is 0.763. The Bertz CT molecular complexity index is 691. The second kappa shape index (κ2) is 8.83. The molecule has 0 aliphatic carbocycles. The zero-order valence-electron chi connectivity index (χ0n) is 15.7. The van der Waals surface area contributed by atoms with E-state index in [1.165, 1.54) is 6.42 Å². The monoisotopic (exact) mass is 356 g/mol. The van der Waals surface area contributed by atoms with Crippen LogP contribution in [0.5, 0.6) is 5.75 Å². The normalized spacial score (nSPS) is 20.2. The first kappa shape index (κ1) is 18.4. The number of para-hydroxylation sites is 1. The predicted molar refractivity (Wildman–Crippen MR) is 99.7 cm³/mol. The zero-order valence-corrected chi connectivity index (χ0v) is 15.7. The number of carbonyl (C=O) groups is 1. The maximum absolute atomic E-state index is 12.5.